The molecule has 176 valence electrons. The first-order valence-electron chi connectivity index (χ1n) is 11.2. The molecule has 2 aliphatic heterocycles. The van der Waals surface area contributed by atoms with Crippen LogP contribution in [0.2, 0.25) is 0 Å². The highest BCUT2D eigenvalue weighted by molar-refractivity contribution is 5.91. The van der Waals surface area contributed by atoms with Crippen LogP contribution < -0.4 is 31.1 Å². The van der Waals surface area contributed by atoms with Gasteiger partial charge in [0, 0.05) is 12.6 Å². The average molecular weight is 462 g/mol. The highest BCUT2D eigenvalue weighted by atomic mass is 16.5. The Morgan fingerprint density at radius 2 is 1.97 bits per heavy atom. The number of anilines is 2. The van der Waals surface area contributed by atoms with Crippen molar-refractivity contribution in [1.82, 2.24) is 25.8 Å². The number of aromatic nitrogens is 2. The Hall–Kier alpha value is -3.89. The number of carbonyl (C=O) groups excluding carboxylic acids is 2. The summed E-state index contributed by atoms with van der Waals surface area (Å²) in [7, 11) is 0. The maximum atomic E-state index is 12.9. The third kappa shape index (κ3) is 4.45. The third-order valence-electron chi connectivity index (χ3n) is 5.85. The molecule has 2 aromatic carbocycles. The number of amides is 2. The number of carbonyl (C=O) groups is 2. The van der Waals surface area contributed by atoms with Crippen molar-refractivity contribution < 1.29 is 14.3 Å². The van der Waals surface area contributed by atoms with Crippen molar-refractivity contribution in [2.24, 2.45) is 5.92 Å². The van der Waals surface area contributed by atoms with E-state index in [9.17, 15) is 9.59 Å². The topological polar surface area (TPSA) is 113 Å². The largest absolute Gasteiger partial charge is 0.484 e. The highest BCUT2D eigenvalue weighted by Gasteiger charge is 2.45. The lowest BCUT2D eigenvalue weighted by molar-refractivity contribution is -0.129. The zero-order chi connectivity index (χ0) is 23.7. The molecule has 3 aromatic rings. The van der Waals surface area contributed by atoms with E-state index >= 15 is 0 Å². The van der Waals surface area contributed by atoms with Crippen molar-refractivity contribution in [2.75, 3.05) is 23.5 Å². The molecular weight excluding hydrogens is 434 g/mol. The van der Waals surface area contributed by atoms with E-state index in [2.05, 4.69) is 26.5 Å². The summed E-state index contributed by atoms with van der Waals surface area (Å²) < 4.78 is 7.19. The summed E-state index contributed by atoms with van der Waals surface area (Å²) in [5.74, 6) is 0.406. The number of aryl methyl sites for hydroxylation is 2. The molecule has 1 aromatic heterocycles. The van der Waals surface area contributed by atoms with Crippen LogP contribution in [0, 0.1) is 19.8 Å². The molecule has 2 fully saturated rings. The summed E-state index contributed by atoms with van der Waals surface area (Å²) in [5.41, 5.74) is 6.01. The molecule has 10 heteroatoms. The number of nitrogens with zero attached hydrogens (tertiary/aromatic N) is 3. The number of hydrazine groups is 1. The SMILES string of the molecule is Cc1cccc(OCC(=O)Nc2cc(C)nn2C2NC(=O)C3CNN(c4ccccc4)C3N2)c1. The Balaban J connectivity index is 1.30. The fourth-order valence-corrected chi connectivity index (χ4v) is 4.27. The average Bonchev–Trinajstić information content (AvgIpc) is 3.42. The Kier molecular flexibility index (Phi) is 5.91. The van der Waals surface area contributed by atoms with E-state index in [0.717, 1.165) is 11.3 Å². The third-order valence-corrected chi connectivity index (χ3v) is 5.85. The number of rotatable bonds is 6. The zero-order valence-corrected chi connectivity index (χ0v) is 19.0. The van der Waals surface area contributed by atoms with Gasteiger partial charge in [0.1, 0.15) is 17.7 Å². The first kappa shape index (κ1) is 21.9. The van der Waals surface area contributed by atoms with Crippen LogP contribution >= 0.6 is 0 Å². The molecule has 3 atom stereocenters. The number of ether oxygens (including phenoxy) is 1. The second-order valence-electron chi connectivity index (χ2n) is 8.47. The van der Waals surface area contributed by atoms with Crippen LogP contribution in [0.1, 0.15) is 17.5 Å². The van der Waals surface area contributed by atoms with Gasteiger partial charge in [0.05, 0.1) is 17.3 Å². The van der Waals surface area contributed by atoms with E-state index in [-0.39, 0.29) is 30.5 Å². The van der Waals surface area contributed by atoms with Gasteiger partial charge >= 0.3 is 0 Å². The molecule has 3 unspecified atom stereocenters. The zero-order valence-electron chi connectivity index (χ0n) is 19.0. The number of fused-ring (bicyclic) bond motifs is 1. The van der Waals surface area contributed by atoms with E-state index in [1.807, 2.05) is 67.4 Å². The molecule has 0 spiro atoms. The van der Waals surface area contributed by atoms with Crippen LogP contribution in [0.25, 0.3) is 0 Å². The van der Waals surface area contributed by atoms with Gasteiger partial charge in [0.25, 0.3) is 5.91 Å². The van der Waals surface area contributed by atoms with Gasteiger partial charge in [-0.15, -0.1) is 0 Å². The molecule has 4 N–H and O–H groups in total. The fourth-order valence-electron chi connectivity index (χ4n) is 4.27. The Bertz CT molecular complexity index is 1200. The molecule has 2 aliphatic rings. The number of hydrogen-bond acceptors (Lipinski definition) is 7. The predicted molar refractivity (Wildman–Crippen MR) is 127 cm³/mol. The van der Waals surface area contributed by atoms with Crippen molar-refractivity contribution in [1.29, 1.82) is 0 Å². The van der Waals surface area contributed by atoms with Crippen LogP contribution in [0.4, 0.5) is 11.5 Å². The molecule has 0 bridgehead atoms. The van der Waals surface area contributed by atoms with Gasteiger partial charge in [-0.25, -0.2) is 10.1 Å². The molecule has 34 heavy (non-hydrogen) atoms. The van der Waals surface area contributed by atoms with Crippen LogP contribution in [0.15, 0.2) is 60.7 Å². The van der Waals surface area contributed by atoms with Crippen LogP contribution in [0.3, 0.4) is 0 Å². The van der Waals surface area contributed by atoms with Crippen LogP contribution in [0.5, 0.6) is 5.75 Å². The lowest BCUT2D eigenvalue weighted by Gasteiger charge is -2.37. The van der Waals surface area contributed by atoms with Gasteiger partial charge in [0.2, 0.25) is 5.91 Å². The van der Waals surface area contributed by atoms with E-state index in [0.29, 0.717) is 23.8 Å². The quantitative estimate of drug-likeness (QED) is 0.442. The highest BCUT2D eigenvalue weighted by Crippen LogP contribution is 2.27. The summed E-state index contributed by atoms with van der Waals surface area (Å²) in [6.45, 7) is 4.16. The van der Waals surface area contributed by atoms with Gasteiger partial charge < -0.3 is 15.4 Å². The molecule has 10 nitrogen and oxygen atoms in total. The Morgan fingerprint density at radius 1 is 1.15 bits per heavy atom. The van der Waals surface area contributed by atoms with Gasteiger partial charge in [-0.3, -0.25) is 19.9 Å². The standard InChI is InChI=1S/C24H27N7O3/c1-15-7-6-10-18(11-15)34-14-21(32)26-20-12-16(2)29-31(20)24-27-22-19(23(33)28-24)13-25-30(22)17-8-4-3-5-9-17/h3-12,19,22,24-25,27H,13-14H2,1-2H3,(H,26,32)(H,28,33). The van der Waals surface area contributed by atoms with Crippen LogP contribution in [-0.4, -0.2) is 40.9 Å². The van der Waals surface area contributed by atoms with E-state index < -0.39 is 6.29 Å². The Morgan fingerprint density at radius 3 is 2.76 bits per heavy atom. The van der Waals surface area contributed by atoms with Gasteiger partial charge in [-0.2, -0.15) is 5.10 Å². The maximum absolute atomic E-state index is 12.9. The van der Waals surface area contributed by atoms with Crippen molar-refractivity contribution in [3.63, 3.8) is 0 Å². The van der Waals surface area contributed by atoms with Crippen molar-refractivity contribution in [2.45, 2.75) is 26.3 Å². The first-order chi connectivity index (χ1) is 16.5. The molecule has 5 rings (SSSR count). The van der Waals surface area contributed by atoms with Gasteiger partial charge in [-0.1, -0.05) is 30.3 Å². The first-order valence-corrected chi connectivity index (χ1v) is 11.2. The van der Waals surface area contributed by atoms with Crippen molar-refractivity contribution >= 4 is 23.3 Å². The second kappa shape index (κ2) is 9.16. The fraction of sp³-hybridized carbons (Fsp3) is 0.292. The van der Waals surface area contributed by atoms with Gasteiger partial charge in [0.15, 0.2) is 12.9 Å². The summed E-state index contributed by atoms with van der Waals surface area (Å²) in [6, 6.07) is 19.1. The molecule has 0 saturated carbocycles. The molecule has 2 saturated heterocycles. The summed E-state index contributed by atoms with van der Waals surface area (Å²) in [6.07, 6.45) is -0.916. The minimum Gasteiger partial charge on any atom is -0.484 e. The van der Waals surface area contributed by atoms with E-state index in [1.165, 1.54) is 0 Å². The van der Waals surface area contributed by atoms with Crippen molar-refractivity contribution in [3.8, 4) is 5.75 Å². The van der Waals surface area contributed by atoms with Crippen molar-refractivity contribution in [3.05, 3.63) is 71.9 Å². The second-order valence-corrected chi connectivity index (χ2v) is 8.47. The number of hydrogen-bond donors (Lipinski definition) is 4. The maximum Gasteiger partial charge on any atom is 0.263 e. The molecule has 2 amide bonds. The number of benzene rings is 2. The normalized spacial score (nSPS) is 21.6. The number of nitrogens with one attached hydrogen (secondary N) is 4. The lowest BCUT2D eigenvalue weighted by atomic mass is 10.0. The lowest BCUT2D eigenvalue weighted by Crippen LogP contribution is -2.61. The molecule has 0 aliphatic carbocycles. The molecule has 3 heterocycles. The molecular formula is C24H27N7O3. The monoisotopic (exact) mass is 461 g/mol. The van der Waals surface area contributed by atoms with E-state index in [4.69, 9.17) is 4.74 Å². The van der Waals surface area contributed by atoms with Gasteiger partial charge in [-0.05, 0) is 43.7 Å². The number of para-hydroxylation sites is 1. The summed E-state index contributed by atoms with van der Waals surface area (Å²) in [4.78, 5) is 25.5. The molecule has 0 radical (unpaired) electrons. The predicted octanol–water partition coefficient (Wildman–Crippen LogP) is 1.66. The van der Waals surface area contributed by atoms with E-state index in [1.54, 1.807) is 16.8 Å². The minimum atomic E-state index is -0.637. The summed E-state index contributed by atoms with van der Waals surface area (Å²) >= 11 is 0. The summed E-state index contributed by atoms with van der Waals surface area (Å²) in [5, 5.41) is 15.7. The Labute approximate surface area is 197 Å². The minimum absolute atomic E-state index is 0.0899. The smallest absolute Gasteiger partial charge is 0.263 e. The van der Waals surface area contributed by atoms with Crippen LogP contribution in [-0.2, 0) is 9.59 Å².